The number of benzene rings is 2. The van der Waals surface area contributed by atoms with Gasteiger partial charge in [-0.25, -0.2) is 0 Å². The van der Waals surface area contributed by atoms with Crippen molar-refractivity contribution in [1.29, 1.82) is 5.26 Å². The fourth-order valence-corrected chi connectivity index (χ4v) is 2.79. The van der Waals surface area contributed by atoms with E-state index in [-0.39, 0.29) is 0 Å². The SMILES string of the molecule is N#Cc1ccc(OCc2cc(Br)cc3c2OCC3)cc1. The molecule has 3 rings (SSSR count). The van der Waals surface area contributed by atoms with E-state index < -0.39 is 0 Å². The van der Waals surface area contributed by atoms with Crippen LogP contribution in [-0.2, 0) is 13.0 Å². The first-order chi connectivity index (χ1) is 9.76. The molecule has 0 saturated carbocycles. The van der Waals surface area contributed by atoms with Crippen LogP contribution in [0.25, 0.3) is 0 Å². The lowest BCUT2D eigenvalue weighted by molar-refractivity contribution is 0.292. The predicted octanol–water partition coefficient (Wildman–Crippen LogP) is 3.83. The van der Waals surface area contributed by atoms with Gasteiger partial charge in [0.1, 0.15) is 18.1 Å². The Balaban J connectivity index is 1.77. The van der Waals surface area contributed by atoms with Gasteiger partial charge in [-0.3, -0.25) is 0 Å². The Hall–Kier alpha value is -1.99. The Labute approximate surface area is 125 Å². The molecular formula is C16H12BrNO2. The largest absolute Gasteiger partial charge is 0.493 e. The van der Waals surface area contributed by atoms with E-state index in [0.29, 0.717) is 12.2 Å². The van der Waals surface area contributed by atoms with Gasteiger partial charge in [0.25, 0.3) is 0 Å². The third-order valence-corrected chi connectivity index (χ3v) is 3.66. The maximum atomic E-state index is 8.76. The van der Waals surface area contributed by atoms with Crippen molar-refractivity contribution in [2.24, 2.45) is 0 Å². The van der Waals surface area contributed by atoms with Gasteiger partial charge in [-0.1, -0.05) is 15.9 Å². The first-order valence-electron chi connectivity index (χ1n) is 6.33. The normalized spacial score (nSPS) is 12.4. The lowest BCUT2D eigenvalue weighted by Crippen LogP contribution is -1.98. The molecule has 0 fully saturated rings. The van der Waals surface area contributed by atoms with Gasteiger partial charge >= 0.3 is 0 Å². The summed E-state index contributed by atoms with van der Waals surface area (Å²) in [7, 11) is 0. The van der Waals surface area contributed by atoms with Gasteiger partial charge in [0.2, 0.25) is 0 Å². The quantitative estimate of drug-likeness (QED) is 0.859. The van der Waals surface area contributed by atoms with Crippen LogP contribution >= 0.6 is 15.9 Å². The van der Waals surface area contributed by atoms with Gasteiger partial charge in [0, 0.05) is 16.5 Å². The van der Waals surface area contributed by atoms with Gasteiger partial charge in [0.05, 0.1) is 18.2 Å². The highest BCUT2D eigenvalue weighted by Gasteiger charge is 2.17. The maximum absolute atomic E-state index is 8.76. The van der Waals surface area contributed by atoms with Crippen molar-refractivity contribution in [2.45, 2.75) is 13.0 Å². The Kier molecular flexibility index (Phi) is 3.62. The molecule has 0 amide bonds. The summed E-state index contributed by atoms with van der Waals surface area (Å²) in [5.41, 5.74) is 2.89. The number of rotatable bonds is 3. The summed E-state index contributed by atoms with van der Waals surface area (Å²) in [5.74, 6) is 1.69. The van der Waals surface area contributed by atoms with Crippen LogP contribution in [0.4, 0.5) is 0 Å². The third-order valence-electron chi connectivity index (χ3n) is 3.20. The van der Waals surface area contributed by atoms with Crippen LogP contribution in [-0.4, -0.2) is 6.61 Å². The zero-order valence-corrected chi connectivity index (χ0v) is 12.3. The van der Waals surface area contributed by atoms with E-state index in [9.17, 15) is 0 Å². The molecule has 2 aromatic carbocycles. The maximum Gasteiger partial charge on any atom is 0.129 e. The van der Waals surface area contributed by atoms with E-state index >= 15 is 0 Å². The number of nitrogens with zero attached hydrogens (tertiary/aromatic N) is 1. The van der Waals surface area contributed by atoms with Gasteiger partial charge < -0.3 is 9.47 Å². The molecule has 3 nitrogen and oxygen atoms in total. The summed E-state index contributed by atoms with van der Waals surface area (Å²) in [4.78, 5) is 0. The molecule has 0 aliphatic carbocycles. The molecule has 0 unspecified atom stereocenters. The van der Waals surface area contributed by atoms with E-state index in [0.717, 1.165) is 34.6 Å². The fourth-order valence-electron chi connectivity index (χ4n) is 2.24. The van der Waals surface area contributed by atoms with Crippen LogP contribution < -0.4 is 9.47 Å². The molecule has 0 aromatic heterocycles. The summed E-state index contributed by atoms with van der Waals surface area (Å²) in [6.45, 7) is 1.18. The van der Waals surface area contributed by atoms with Crippen molar-refractivity contribution >= 4 is 15.9 Å². The summed E-state index contributed by atoms with van der Waals surface area (Å²) in [5, 5.41) is 8.76. The predicted molar refractivity (Wildman–Crippen MR) is 78.8 cm³/mol. The first-order valence-corrected chi connectivity index (χ1v) is 7.12. The molecule has 0 spiro atoms. The molecule has 0 bridgehead atoms. The van der Waals surface area contributed by atoms with Crippen molar-refractivity contribution in [2.75, 3.05) is 6.61 Å². The number of ether oxygens (including phenoxy) is 2. The van der Waals surface area contributed by atoms with E-state index in [4.69, 9.17) is 14.7 Å². The smallest absolute Gasteiger partial charge is 0.129 e. The molecule has 0 N–H and O–H groups in total. The van der Waals surface area contributed by atoms with Crippen LogP contribution in [0.5, 0.6) is 11.5 Å². The van der Waals surface area contributed by atoms with Crippen LogP contribution in [0.1, 0.15) is 16.7 Å². The van der Waals surface area contributed by atoms with Crippen LogP contribution in [0, 0.1) is 11.3 Å². The molecule has 0 atom stereocenters. The summed E-state index contributed by atoms with van der Waals surface area (Å²) in [6.07, 6.45) is 0.943. The Morgan fingerprint density at radius 2 is 2.05 bits per heavy atom. The van der Waals surface area contributed by atoms with Crippen molar-refractivity contribution < 1.29 is 9.47 Å². The highest BCUT2D eigenvalue weighted by Crippen LogP contribution is 2.33. The second-order valence-electron chi connectivity index (χ2n) is 4.58. The minimum Gasteiger partial charge on any atom is -0.493 e. The van der Waals surface area contributed by atoms with Crippen molar-refractivity contribution in [3.8, 4) is 17.6 Å². The summed E-state index contributed by atoms with van der Waals surface area (Å²) in [6, 6.07) is 13.3. The molecule has 1 heterocycles. The molecule has 20 heavy (non-hydrogen) atoms. The van der Waals surface area contributed by atoms with Gasteiger partial charge in [0.15, 0.2) is 0 Å². The van der Waals surface area contributed by atoms with E-state index in [1.54, 1.807) is 24.3 Å². The van der Waals surface area contributed by atoms with Crippen LogP contribution in [0.3, 0.4) is 0 Å². The average Bonchev–Trinajstić information content (AvgIpc) is 2.93. The number of hydrogen-bond acceptors (Lipinski definition) is 3. The highest BCUT2D eigenvalue weighted by atomic mass is 79.9. The van der Waals surface area contributed by atoms with E-state index in [2.05, 4.69) is 28.1 Å². The second-order valence-corrected chi connectivity index (χ2v) is 5.49. The van der Waals surface area contributed by atoms with Gasteiger partial charge in [-0.05, 0) is 42.0 Å². The van der Waals surface area contributed by atoms with E-state index in [1.165, 1.54) is 5.56 Å². The summed E-state index contributed by atoms with van der Waals surface area (Å²) >= 11 is 3.51. The van der Waals surface area contributed by atoms with E-state index in [1.807, 2.05) is 6.07 Å². The minimum atomic E-state index is 0.452. The van der Waals surface area contributed by atoms with Crippen LogP contribution in [0.2, 0.25) is 0 Å². The molecule has 4 heteroatoms. The van der Waals surface area contributed by atoms with Crippen molar-refractivity contribution in [1.82, 2.24) is 0 Å². The molecule has 2 aromatic rings. The fraction of sp³-hybridized carbons (Fsp3) is 0.188. The average molecular weight is 330 g/mol. The molecule has 1 aliphatic heterocycles. The zero-order chi connectivity index (χ0) is 13.9. The highest BCUT2D eigenvalue weighted by molar-refractivity contribution is 9.10. The van der Waals surface area contributed by atoms with Gasteiger partial charge in [-0.15, -0.1) is 0 Å². The Bertz CT molecular complexity index is 674. The Morgan fingerprint density at radius 3 is 2.80 bits per heavy atom. The topological polar surface area (TPSA) is 42.2 Å². The number of fused-ring (bicyclic) bond motifs is 1. The zero-order valence-electron chi connectivity index (χ0n) is 10.7. The van der Waals surface area contributed by atoms with Crippen molar-refractivity contribution in [3.05, 3.63) is 57.6 Å². The standard InChI is InChI=1S/C16H12BrNO2/c17-14-7-12-5-6-19-16(12)13(8-14)10-20-15-3-1-11(9-18)2-4-15/h1-4,7-8H,5-6,10H2. The third kappa shape index (κ3) is 2.63. The second kappa shape index (κ2) is 5.56. The number of nitriles is 1. The molecular weight excluding hydrogens is 318 g/mol. The molecule has 1 aliphatic rings. The molecule has 0 radical (unpaired) electrons. The molecule has 0 saturated heterocycles. The monoisotopic (exact) mass is 329 g/mol. The molecule has 100 valence electrons. The van der Waals surface area contributed by atoms with Crippen LogP contribution in [0.15, 0.2) is 40.9 Å². The number of halogens is 1. The Morgan fingerprint density at radius 1 is 1.25 bits per heavy atom. The minimum absolute atomic E-state index is 0.452. The first kappa shape index (κ1) is 13.0. The summed E-state index contributed by atoms with van der Waals surface area (Å²) < 4.78 is 12.5. The lowest BCUT2D eigenvalue weighted by atomic mass is 10.1. The lowest BCUT2D eigenvalue weighted by Gasteiger charge is -2.11. The van der Waals surface area contributed by atoms with Gasteiger partial charge in [-0.2, -0.15) is 5.26 Å². The number of hydrogen-bond donors (Lipinski definition) is 0. The van der Waals surface area contributed by atoms with Crippen molar-refractivity contribution in [3.63, 3.8) is 0 Å².